The fraction of sp³-hybridized carbons (Fsp3) is 0.571. The van der Waals surface area contributed by atoms with Crippen molar-refractivity contribution >= 4 is 5.65 Å². The Hall–Kier alpha value is -1.46. The molecule has 19 heavy (non-hydrogen) atoms. The van der Waals surface area contributed by atoms with Crippen LogP contribution in [0, 0.1) is 6.92 Å². The van der Waals surface area contributed by atoms with Gasteiger partial charge in [-0.25, -0.2) is 9.50 Å². The molecule has 0 amide bonds. The molecule has 2 aromatic rings. The van der Waals surface area contributed by atoms with Crippen LogP contribution in [0.25, 0.3) is 5.65 Å². The van der Waals surface area contributed by atoms with Crippen LogP contribution in [0.1, 0.15) is 24.4 Å². The molecule has 0 saturated carbocycles. The van der Waals surface area contributed by atoms with Crippen molar-refractivity contribution in [2.75, 3.05) is 32.7 Å². The standard InChI is InChI=1S/C14H21N5/c1-11(10-18-8-6-15-7-9-18)14-16-13-5-3-4-12(2)19(13)17-14/h3-5,11,15H,6-10H2,1-2H3. The number of rotatable bonds is 3. The molecule has 1 aliphatic heterocycles. The van der Waals surface area contributed by atoms with Gasteiger partial charge in [-0.2, -0.15) is 5.10 Å². The van der Waals surface area contributed by atoms with Crippen molar-refractivity contribution in [2.24, 2.45) is 0 Å². The Kier molecular flexibility index (Phi) is 3.48. The molecule has 102 valence electrons. The van der Waals surface area contributed by atoms with E-state index in [1.165, 1.54) is 0 Å². The summed E-state index contributed by atoms with van der Waals surface area (Å²) < 4.78 is 1.93. The van der Waals surface area contributed by atoms with Crippen molar-refractivity contribution in [3.8, 4) is 0 Å². The van der Waals surface area contributed by atoms with Crippen molar-refractivity contribution in [1.82, 2.24) is 24.8 Å². The van der Waals surface area contributed by atoms with E-state index < -0.39 is 0 Å². The molecule has 1 saturated heterocycles. The predicted octanol–water partition coefficient (Wildman–Crippen LogP) is 1.05. The quantitative estimate of drug-likeness (QED) is 0.895. The molecule has 1 unspecified atom stereocenters. The molecule has 1 atom stereocenters. The number of nitrogens with one attached hydrogen (secondary N) is 1. The fourth-order valence-corrected chi connectivity index (χ4v) is 2.62. The summed E-state index contributed by atoms with van der Waals surface area (Å²) in [6.45, 7) is 9.73. The second kappa shape index (κ2) is 5.27. The number of pyridine rings is 1. The van der Waals surface area contributed by atoms with Crippen LogP contribution < -0.4 is 5.32 Å². The van der Waals surface area contributed by atoms with E-state index in [2.05, 4.69) is 40.2 Å². The maximum Gasteiger partial charge on any atom is 0.155 e. The normalized spacial score (nSPS) is 18.8. The fourth-order valence-electron chi connectivity index (χ4n) is 2.62. The van der Waals surface area contributed by atoms with Gasteiger partial charge >= 0.3 is 0 Å². The SMILES string of the molecule is Cc1cccc2nc(C(C)CN3CCNCC3)nn12. The summed E-state index contributed by atoms with van der Waals surface area (Å²) in [7, 11) is 0. The highest BCUT2D eigenvalue weighted by atomic mass is 15.3. The lowest BCUT2D eigenvalue weighted by Gasteiger charge is -2.28. The second-order valence-electron chi connectivity index (χ2n) is 5.36. The number of piperazine rings is 1. The van der Waals surface area contributed by atoms with Crippen LogP contribution in [-0.2, 0) is 0 Å². The molecular weight excluding hydrogens is 238 g/mol. The third kappa shape index (κ3) is 2.62. The largest absolute Gasteiger partial charge is 0.314 e. The topological polar surface area (TPSA) is 45.5 Å². The number of hydrogen-bond acceptors (Lipinski definition) is 4. The Morgan fingerprint density at radius 3 is 2.84 bits per heavy atom. The van der Waals surface area contributed by atoms with E-state index in [0.717, 1.165) is 49.9 Å². The highest BCUT2D eigenvalue weighted by molar-refractivity contribution is 5.38. The van der Waals surface area contributed by atoms with E-state index in [-0.39, 0.29) is 0 Å². The van der Waals surface area contributed by atoms with Crippen LogP contribution in [0.3, 0.4) is 0 Å². The molecule has 0 aliphatic carbocycles. The van der Waals surface area contributed by atoms with Crippen LogP contribution in [0.2, 0.25) is 0 Å². The van der Waals surface area contributed by atoms with Gasteiger partial charge < -0.3 is 10.2 Å². The Morgan fingerprint density at radius 2 is 2.11 bits per heavy atom. The molecule has 2 aromatic heterocycles. The molecule has 5 nitrogen and oxygen atoms in total. The van der Waals surface area contributed by atoms with Gasteiger partial charge in [0.25, 0.3) is 0 Å². The molecule has 5 heteroatoms. The van der Waals surface area contributed by atoms with E-state index in [4.69, 9.17) is 0 Å². The zero-order valence-corrected chi connectivity index (χ0v) is 11.6. The van der Waals surface area contributed by atoms with Crippen LogP contribution in [-0.4, -0.2) is 52.2 Å². The van der Waals surface area contributed by atoms with Crippen molar-refractivity contribution in [3.63, 3.8) is 0 Å². The maximum absolute atomic E-state index is 4.65. The number of hydrogen-bond donors (Lipinski definition) is 1. The van der Waals surface area contributed by atoms with Gasteiger partial charge in [0.1, 0.15) is 0 Å². The minimum atomic E-state index is 0.373. The Labute approximate surface area is 113 Å². The molecule has 1 N–H and O–H groups in total. The highest BCUT2D eigenvalue weighted by Gasteiger charge is 2.18. The highest BCUT2D eigenvalue weighted by Crippen LogP contribution is 2.15. The van der Waals surface area contributed by atoms with Gasteiger partial charge in [-0.3, -0.25) is 0 Å². The number of nitrogens with zero attached hydrogens (tertiary/aromatic N) is 4. The van der Waals surface area contributed by atoms with Gasteiger partial charge in [0.15, 0.2) is 11.5 Å². The molecule has 1 aliphatic rings. The number of aromatic nitrogens is 3. The molecule has 3 rings (SSSR count). The van der Waals surface area contributed by atoms with Crippen molar-refractivity contribution in [3.05, 3.63) is 29.7 Å². The lowest BCUT2D eigenvalue weighted by molar-refractivity contribution is 0.228. The zero-order valence-electron chi connectivity index (χ0n) is 11.6. The van der Waals surface area contributed by atoms with E-state index >= 15 is 0 Å². The summed E-state index contributed by atoms with van der Waals surface area (Å²) in [6.07, 6.45) is 0. The first-order valence-corrected chi connectivity index (χ1v) is 6.99. The average molecular weight is 259 g/mol. The van der Waals surface area contributed by atoms with Crippen molar-refractivity contribution in [1.29, 1.82) is 0 Å². The first-order valence-electron chi connectivity index (χ1n) is 6.99. The lowest BCUT2D eigenvalue weighted by atomic mass is 10.1. The van der Waals surface area contributed by atoms with Gasteiger partial charge in [0.05, 0.1) is 0 Å². The summed E-state index contributed by atoms with van der Waals surface area (Å²) in [4.78, 5) is 7.13. The average Bonchev–Trinajstić information content (AvgIpc) is 2.85. The first-order chi connectivity index (χ1) is 9.24. The maximum atomic E-state index is 4.65. The Bertz CT molecular complexity index is 556. The summed E-state index contributed by atoms with van der Waals surface area (Å²) in [6, 6.07) is 6.11. The van der Waals surface area contributed by atoms with Gasteiger partial charge in [0.2, 0.25) is 0 Å². The minimum Gasteiger partial charge on any atom is -0.314 e. The lowest BCUT2D eigenvalue weighted by Crippen LogP contribution is -2.44. The van der Waals surface area contributed by atoms with Crippen LogP contribution in [0.4, 0.5) is 0 Å². The van der Waals surface area contributed by atoms with Gasteiger partial charge in [0, 0.05) is 44.3 Å². The van der Waals surface area contributed by atoms with Gasteiger partial charge in [-0.15, -0.1) is 0 Å². The smallest absolute Gasteiger partial charge is 0.155 e. The van der Waals surface area contributed by atoms with Crippen LogP contribution in [0.15, 0.2) is 18.2 Å². The Morgan fingerprint density at radius 1 is 1.32 bits per heavy atom. The van der Waals surface area contributed by atoms with E-state index in [1.54, 1.807) is 0 Å². The van der Waals surface area contributed by atoms with Crippen LogP contribution >= 0.6 is 0 Å². The number of fused-ring (bicyclic) bond motifs is 1. The molecule has 0 radical (unpaired) electrons. The Balaban J connectivity index is 1.77. The van der Waals surface area contributed by atoms with Gasteiger partial charge in [-0.1, -0.05) is 13.0 Å². The third-order valence-electron chi connectivity index (χ3n) is 3.75. The third-order valence-corrected chi connectivity index (χ3v) is 3.75. The molecule has 0 aromatic carbocycles. The predicted molar refractivity (Wildman–Crippen MR) is 75.4 cm³/mol. The van der Waals surface area contributed by atoms with E-state index in [0.29, 0.717) is 5.92 Å². The second-order valence-corrected chi connectivity index (χ2v) is 5.36. The summed E-state index contributed by atoms with van der Waals surface area (Å²) >= 11 is 0. The zero-order chi connectivity index (χ0) is 13.2. The molecule has 1 fully saturated rings. The van der Waals surface area contributed by atoms with E-state index in [1.807, 2.05) is 16.6 Å². The van der Waals surface area contributed by atoms with Crippen molar-refractivity contribution in [2.45, 2.75) is 19.8 Å². The minimum absolute atomic E-state index is 0.373. The van der Waals surface area contributed by atoms with Crippen LogP contribution in [0.5, 0.6) is 0 Å². The first kappa shape index (κ1) is 12.6. The van der Waals surface area contributed by atoms with Gasteiger partial charge in [-0.05, 0) is 19.1 Å². The molecule has 0 bridgehead atoms. The van der Waals surface area contributed by atoms with E-state index in [9.17, 15) is 0 Å². The molecular formula is C14H21N5. The monoisotopic (exact) mass is 259 g/mol. The summed E-state index contributed by atoms with van der Waals surface area (Å²) in [5, 5.41) is 8.02. The number of aryl methyl sites for hydroxylation is 1. The van der Waals surface area contributed by atoms with Crippen molar-refractivity contribution < 1.29 is 0 Å². The summed E-state index contributed by atoms with van der Waals surface area (Å²) in [5.74, 6) is 1.32. The molecule has 3 heterocycles. The molecule has 0 spiro atoms. The summed E-state index contributed by atoms with van der Waals surface area (Å²) in [5.41, 5.74) is 2.08.